The van der Waals surface area contributed by atoms with Crippen LogP contribution in [0.25, 0.3) is 0 Å². The molecule has 0 aromatic carbocycles. The number of nitrogens with zero attached hydrogens (tertiary/aromatic N) is 3. The molecular weight excluding hydrogens is 252 g/mol. The lowest BCUT2D eigenvalue weighted by Gasteiger charge is -2.32. The Hall–Kier alpha value is -1.36. The van der Waals surface area contributed by atoms with Gasteiger partial charge < -0.3 is 15.4 Å². The molecule has 20 heavy (non-hydrogen) atoms. The first kappa shape index (κ1) is 16.7. The third-order valence-corrected chi connectivity index (χ3v) is 3.58. The van der Waals surface area contributed by atoms with E-state index in [9.17, 15) is 0 Å². The zero-order valence-corrected chi connectivity index (χ0v) is 14.0. The van der Waals surface area contributed by atoms with Gasteiger partial charge in [-0.3, -0.25) is 0 Å². The van der Waals surface area contributed by atoms with Gasteiger partial charge in [-0.25, -0.2) is 4.98 Å². The van der Waals surface area contributed by atoms with Gasteiger partial charge in [-0.15, -0.1) is 0 Å². The van der Waals surface area contributed by atoms with Crippen molar-refractivity contribution in [2.45, 2.75) is 52.5 Å². The first-order chi connectivity index (χ1) is 8.95. The summed E-state index contributed by atoms with van der Waals surface area (Å²) >= 11 is 0. The van der Waals surface area contributed by atoms with E-state index >= 15 is 0 Å². The molecule has 0 fully saturated rings. The van der Waals surface area contributed by atoms with Gasteiger partial charge >= 0.3 is 0 Å². The van der Waals surface area contributed by atoms with E-state index in [0.717, 1.165) is 5.56 Å². The highest BCUT2D eigenvalue weighted by molar-refractivity contribution is 5.45. The Bertz CT molecular complexity index is 475. The molecular formula is C15H28N4O. The summed E-state index contributed by atoms with van der Waals surface area (Å²) in [4.78, 5) is 11.0. The van der Waals surface area contributed by atoms with Crippen molar-refractivity contribution in [2.75, 3.05) is 26.4 Å². The maximum Gasteiger partial charge on any atom is 0.221 e. The van der Waals surface area contributed by atoms with Crippen LogP contribution in [0.2, 0.25) is 0 Å². The minimum absolute atomic E-state index is 0.0753. The van der Waals surface area contributed by atoms with Crippen molar-refractivity contribution in [2.24, 2.45) is 0 Å². The molecule has 0 radical (unpaired) electrons. The molecule has 114 valence electrons. The number of nitrogen functional groups attached to an aromatic ring is 1. The lowest BCUT2D eigenvalue weighted by Crippen LogP contribution is -2.43. The number of rotatable bonds is 4. The Kier molecular flexibility index (Phi) is 4.64. The van der Waals surface area contributed by atoms with Crippen LogP contribution in [0, 0.1) is 6.92 Å². The zero-order chi connectivity index (χ0) is 15.7. The number of hydrogen-bond acceptors (Lipinski definition) is 5. The van der Waals surface area contributed by atoms with Crippen LogP contribution < -0.4 is 10.5 Å². The highest BCUT2D eigenvalue weighted by atomic mass is 16.5. The second kappa shape index (κ2) is 5.56. The van der Waals surface area contributed by atoms with Gasteiger partial charge in [0.2, 0.25) is 5.88 Å². The van der Waals surface area contributed by atoms with E-state index in [1.165, 1.54) is 0 Å². The third kappa shape index (κ3) is 3.82. The topological polar surface area (TPSA) is 64.3 Å². The molecule has 0 saturated heterocycles. The SMILES string of the molecule is Cc1c(N)nc(C(C)(C)C)nc1OCC(C)(C)N(C)C. The smallest absolute Gasteiger partial charge is 0.221 e. The summed E-state index contributed by atoms with van der Waals surface area (Å²) < 4.78 is 5.91. The van der Waals surface area contributed by atoms with Crippen LogP contribution in [0.3, 0.4) is 0 Å². The monoisotopic (exact) mass is 280 g/mol. The molecule has 1 aromatic rings. The summed E-state index contributed by atoms with van der Waals surface area (Å²) in [6.07, 6.45) is 0. The lowest BCUT2D eigenvalue weighted by atomic mass is 9.95. The molecule has 1 aromatic heterocycles. The number of nitrogens with two attached hydrogens (primary N) is 1. The molecule has 0 bridgehead atoms. The fourth-order valence-electron chi connectivity index (χ4n) is 1.36. The van der Waals surface area contributed by atoms with Gasteiger partial charge in [0, 0.05) is 11.0 Å². The number of aromatic nitrogens is 2. The fraction of sp³-hybridized carbons (Fsp3) is 0.733. The Balaban J connectivity index is 3.04. The van der Waals surface area contributed by atoms with E-state index in [2.05, 4.69) is 49.5 Å². The first-order valence-corrected chi connectivity index (χ1v) is 6.90. The van der Waals surface area contributed by atoms with Crippen LogP contribution in [-0.2, 0) is 5.41 Å². The summed E-state index contributed by atoms with van der Waals surface area (Å²) in [5.74, 6) is 1.78. The van der Waals surface area contributed by atoms with Crippen molar-refractivity contribution < 1.29 is 4.74 Å². The molecule has 0 saturated carbocycles. The summed E-state index contributed by atoms with van der Waals surface area (Å²) in [5.41, 5.74) is 6.54. The van der Waals surface area contributed by atoms with Crippen LogP contribution >= 0.6 is 0 Å². The predicted octanol–water partition coefficient (Wildman–Crippen LogP) is 2.38. The summed E-state index contributed by atoms with van der Waals surface area (Å²) in [6, 6.07) is 0. The van der Waals surface area contributed by atoms with Crippen LogP contribution in [0.5, 0.6) is 5.88 Å². The Morgan fingerprint density at radius 3 is 2.10 bits per heavy atom. The van der Waals surface area contributed by atoms with Gasteiger partial charge in [0.15, 0.2) is 0 Å². The van der Waals surface area contributed by atoms with Crippen molar-refractivity contribution in [1.29, 1.82) is 0 Å². The molecule has 0 aliphatic carbocycles. The molecule has 1 rings (SSSR count). The summed E-state index contributed by atoms with van der Waals surface area (Å²) in [5, 5.41) is 0. The summed E-state index contributed by atoms with van der Waals surface area (Å²) in [7, 11) is 4.07. The van der Waals surface area contributed by atoms with E-state index in [-0.39, 0.29) is 11.0 Å². The quantitative estimate of drug-likeness (QED) is 0.917. The van der Waals surface area contributed by atoms with Gasteiger partial charge in [0.05, 0.1) is 5.56 Å². The zero-order valence-electron chi connectivity index (χ0n) is 14.0. The van der Waals surface area contributed by atoms with Crippen molar-refractivity contribution in [3.63, 3.8) is 0 Å². The van der Waals surface area contributed by atoms with Crippen LogP contribution in [0.15, 0.2) is 0 Å². The van der Waals surface area contributed by atoms with Gasteiger partial charge in [-0.2, -0.15) is 4.98 Å². The molecule has 1 heterocycles. The molecule has 2 N–H and O–H groups in total. The van der Waals surface area contributed by atoms with Crippen molar-refractivity contribution in [1.82, 2.24) is 14.9 Å². The maximum absolute atomic E-state index is 5.98. The number of anilines is 1. The molecule has 0 amide bonds. The highest BCUT2D eigenvalue weighted by Crippen LogP contribution is 2.26. The van der Waals surface area contributed by atoms with Crippen molar-refractivity contribution in [3.8, 4) is 5.88 Å². The Labute approximate surface area is 122 Å². The van der Waals surface area contributed by atoms with Crippen molar-refractivity contribution >= 4 is 5.82 Å². The van der Waals surface area contributed by atoms with E-state index in [4.69, 9.17) is 10.5 Å². The average Bonchev–Trinajstić information content (AvgIpc) is 2.29. The molecule has 0 unspecified atom stereocenters. The molecule has 0 aliphatic heterocycles. The van der Waals surface area contributed by atoms with Gasteiger partial charge in [-0.1, -0.05) is 20.8 Å². The highest BCUT2D eigenvalue weighted by Gasteiger charge is 2.24. The molecule has 5 heteroatoms. The molecule has 0 aliphatic rings. The minimum Gasteiger partial charge on any atom is -0.475 e. The number of hydrogen-bond donors (Lipinski definition) is 1. The normalized spacial score (nSPS) is 12.8. The first-order valence-electron chi connectivity index (χ1n) is 6.90. The van der Waals surface area contributed by atoms with Gasteiger partial charge in [0.25, 0.3) is 0 Å². The standard InChI is InChI=1S/C15H28N4O/c1-10-11(16)17-13(14(2,3)4)18-12(10)20-9-15(5,6)19(7)8/h9H2,1-8H3,(H2,16,17,18). The number of ether oxygens (including phenoxy) is 1. The average molecular weight is 280 g/mol. The van der Waals surface area contributed by atoms with Crippen molar-refractivity contribution in [3.05, 3.63) is 11.4 Å². The predicted molar refractivity (Wildman–Crippen MR) is 83.1 cm³/mol. The second-order valence-corrected chi connectivity index (χ2v) is 7.11. The maximum atomic E-state index is 5.98. The second-order valence-electron chi connectivity index (χ2n) is 7.11. The Morgan fingerprint density at radius 2 is 1.65 bits per heavy atom. The van der Waals surface area contributed by atoms with E-state index in [1.54, 1.807) is 0 Å². The lowest BCUT2D eigenvalue weighted by molar-refractivity contribution is 0.110. The van der Waals surface area contributed by atoms with Crippen LogP contribution in [0.1, 0.15) is 46.0 Å². The Morgan fingerprint density at radius 1 is 1.10 bits per heavy atom. The van der Waals surface area contributed by atoms with E-state index < -0.39 is 0 Å². The third-order valence-electron chi connectivity index (χ3n) is 3.58. The largest absolute Gasteiger partial charge is 0.475 e. The van der Waals surface area contributed by atoms with E-state index in [0.29, 0.717) is 24.1 Å². The summed E-state index contributed by atoms with van der Waals surface area (Å²) in [6.45, 7) is 12.9. The van der Waals surface area contributed by atoms with Crippen LogP contribution in [0.4, 0.5) is 5.82 Å². The van der Waals surface area contributed by atoms with Crippen LogP contribution in [-0.4, -0.2) is 41.1 Å². The van der Waals surface area contributed by atoms with Gasteiger partial charge in [-0.05, 0) is 34.9 Å². The van der Waals surface area contributed by atoms with E-state index in [1.807, 2.05) is 21.0 Å². The molecule has 5 nitrogen and oxygen atoms in total. The molecule has 0 atom stereocenters. The minimum atomic E-state index is -0.156. The molecule has 0 spiro atoms. The van der Waals surface area contributed by atoms with Gasteiger partial charge in [0.1, 0.15) is 18.2 Å². The number of likely N-dealkylation sites (N-methyl/N-ethyl adjacent to an activating group) is 1. The fourth-order valence-corrected chi connectivity index (χ4v) is 1.36.